The molecule has 4 rings (SSSR count). The number of aromatic amines is 2. The van der Waals surface area contributed by atoms with Crippen molar-refractivity contribution in [2.75, 3.05) is 10.6 Å². The van der Waals surface area contributed by atoms with E-state index in [2.05, 4.69) is 46.5 Å². The van der Waals surface area contributed by atoms with E-state index in [0.29, 0.717) is 26.8 Å². The van der Waals surface area contributed by atoms with Crippen LogP contribution in [0.5, 0.6) is 0 Å². The Kier molecular flexibility index (Phi) is 5.50. The van der Waals surface area contributed by atoms with E-state index in [1.807, 2.05) is 19.1 Å². The Morgan fingerprint density at radius 1 is 1.07 bits per heavy atom. The molecule has 2 aromatic carbocycles. The number of halogens is 3. The first-order valence-electron chi connectivity index (χ1n) is 8.59. The van der Waals surface area contributed by atoms with Gasteiger partial charge in [0.15, 0.2) is 5.69 Å². The smallest absolute Gasteiger partial charge is 0.276 e. The van der Waals surface area contributed by atoms with Crippen molar-refractivity contribution >= 4 is 73.6 Å². The van der Waals surface area contributed by atoms with Crippen LogP contribution in [-0.4, -0.2) is 31.8 Å². The monoisotopic (exact) mass is 506 g/mol. The van der Waals surface area contributed by atoms with Crippen LogP contribution in [0, 0.1) is 6.92 Å². The fourth-order valence-electron chi connectivity index (χ4n) is 2.78. The van der Waals surface area contributed by atoms with Crippen LogP contribution in [0.15, 0.2) is 41.1 Å². The molecule has 4 N–H and O–H groups in total. The number of aromatic nitrogens is 4. The van der Waals surface area contributed by atoms with Crippen LogP contribution in [-0.2, 0) is 0 Å². The second-order valence-electron chi connectivity index (χ2n) is 6.36. The average molecular weight is 508 g/mol. The second kappa shape index (κ2) is 8.10. The van der Waals surface area contributed by atoms with Crippen LogP contribution in [0.2, 0.25) is 10.0 Å². The SMILES string of the molecule is Cc1ccc(Br)cc1NC(=O)c1nc[nH]c1C(=O)Nc1nc2cc(Cl)c(Cl)cc2[nH]1. The number of aryl methyl sites for hydroxylation is 1. The third-order valence-corrected chi connectivity index (χ3v) is 5.50. The molecule has 0 atom stereocenters. The highest BCUT2D eigenvalue weighted by atomic mass is 79.9. The van der Waals surface area contributed by atoms with Gasteiger partial charge in [-0.1, -0.05) is 45.2 Å². The molecular weight excluding hydrogens is 495 g/mol. The van der Waals surface area contributed by atoms with Crippen molar-refractivity contribution in [1.82, 2.24) is 19.9 Å². The highest BCUT2D eigenvalue weighted by molar-refractivity contribution is 9.10. The highest BCUT2D eigenvalue weighted by Gasteiger charge is 2.22. The molecule has 2 aromatic heterocycles. The molecule has 0 aliphatic carbocycles. The molecule has 30 heavy (non-hydrogen) atoms. The summed E-state index contributed by atoms with van der Waals surface area (Å²) >= 11 is 15.4. The predicted molar refractivity (Wildman–Crippen MR) is 119 cm³/mol. The van der Waals surface area contributed by atoms with Crippen molar-refractivity contribution in [1.29, 1.82) is 0 Å². The van der Waals surface area contributed by atoms with Crippen molar-refractivity contribution in [2.45, 2.75) is 6.92 Å². The molecule has 4 aromatic rings. The highest BCUT2D eigenvalue weighted by Crippen LogP contribution is 2.27. The van der Waals surface area contributed by atoms with Crippen LogP contribution >= 0.6 is 39.1 Å². The fraction of sp³-hybridized carbons (Fsp3) is 0.0526. The third kappa shape index (κ3) is 4.04. The number of H-pyrrole nitrogens is 2. The summed E-state index contributed by atoms with van der Waals surface area (Å²) in [7, 11) is 0. The minimum Gasteiger partial charge on any atom is -0.340 e. The summed E-state index contributed by atoms with van der Waals surface area (Å²) in [5.41, 5.74) is 2.56. The maximum atomic E-state index is 12.7. The maximum absolute atomic E-state index is 12.7. The molecule has 8 nitrogen and oxygen atoms in total. The number of nitrogens with zero attached hydrogens (tertiary/aromatic N) is 2. The summed E-state index contributed by atoms with van der Waals surface area (Å²) in [4.78, 5) is 39.3. The van der Waals surface area contributed by atoms with Gasteiger partial charge in [-0.25, -0.2) is 9.97 Å². The quantitative estimate of drug-likeness (QED) is 0.305. The predicted octanol–water partition coefficient (Wildman–Crippen LogP) is 5.17. The molecule has 0 aliphatic heterocycles. The first kappa shape index (κ1) is 20.4. The van der Waals surface area contributed by atoms with Gasteiger partial charge in [0.05, 0.1) is 27.4 Å². The van der Waals surface area contributed by atoms with Gasteiger partial charge in [0.1, 0.15) is 5.69 Å². The number of nitrogens with one attached hydrogen (secondary N) is 4. The molecule has 0 aliphatic rings. The Morgan fingerprint density at radius 3 is 2.63 bits per heavy atom. The van der Waals surface area contributed by atoms with Crippen molar-refractivity contribution < 1.29 is 9.59 Å². The van der Waals surface area contributed by atoms with Crippen LogP contribution in [0.4, 0.5) is 11.6 Å². The van der Waals surface area contributed by atoms with E-state index >= 15 is 0 Å². The van der Waals surface area contributed by atoms with Crippen LogP contribution < -0.4 is 10.6 Å². The van der Waals surface area contributed by atoms with E-state index in [1.165, 1.54) is 6.33 Å². The van der Waals surface area contributed by atoms with Gasteiger partial charge in [-0.15, -0.1) is 0 Å². The number of fused-ring (bicyclic) bond motifs is 1. The van der Waals surface area contributed by atoms with Gasteiger partial charge in [-0.2, -0.15) is 0 Å². The molecule has 0 saturated heterocycles. The first-order chi connectivity index (χ1) is 14.3. The zero-order valence-electron chi connectivity index (χ0n) is 15.3. The lowest BCUT2D eigenvalue weighted by Gasteiger charge is -2.08. The zero-order chi connectivity index (χ0) is 21.4. The van der Waals surface area contributed by atoms with Gasteiger partial charge >= 0.3 is 0 Å². The van der Waals surface area contributed by atoms with E-state index < -0.39 is 11.8 Å². The molecule has 0 radical (unpaired) electrons. The Balaban J connectivity index is 1.55. The van der Waals surface area contributed by atoms with E-state index in [9.17, 15) is 9.59 Å². The van der Waals surface area contributed by atoms with E-state index in [4.69, 9.17) is 23.2 Å². The van der Waals surface area contributed by atoms with Crippen molar-refractivity contribution in [3.63, 3.8) is 0 Å². The van der Waals surface area contributed by atoms with E-state index in [1.54, 1.807) is 18.2 Å². The fourth-order valence-corrected chi connectivity index (χ4v) is 3.47. The molecule has 0 spiro atoms. The zero-order valence-corrected chi connectivity index (χ0v) is 18.4. The summed E-state index contributed by atoms with van der Waals surface area (Å²) in [6, 6.07) is 8.69. The van der Waals surface area contributed by atoms with Crippen molar-refractivity contribution in [3.05, 3.63) is 68.1 Å². The molecule has 0 unspecified atom stereocenters. The van der Waals surface area contributed by atoms with Gasteiger partial charge in [0.25, 0.3) is 11.8 Å². The molecular formula is C19H13BrCl2N6O2. The van der Waals surface area contributed by atoms with Crippen molar-refractivity contribution in [2.24, 2.45) is 0 Å². The summed E-state index contributed by atoms with van der Waals surface area (Å²) < 4.78 is 0.813. The van der Waals surface area contributed by atoms with Gasteiger partial charge < -0.3 is 15.3 Å². The largest absolute Gasteiger partial charge is 0.340 e. The summed E-state index contributed by atoms with van der Waals surface area (Å²) in [5.74, 6) is -0.928. The van der Waals surface area contributed by atoms with Gasteiger partial charge in [0, 0.05) is 10.2 Å². The number of carbonyl (C=O) groups excluding carboxylic acids is 2. The molecule has 11 heteroatoms. The minimum atomic E-state index is -0.583. The number of anilines is 2. The van der Waals surface area contributed by atoms with Crippen LogP contribution in [0.1, 0.15) is 26.5 Å². The number of hydrogen-bond donors (Lipinski definition) is 4. The van der Waals surface area contributed by atoms with Gasteiger partial charge in [-0.3, -0.25) is 14.9 Å². The normalized spacial score (nSPS) is 10.9. The Morgan fingerprint density at radius 2 is 1.83 bits per heavy atom. The maximum Gasteiger partial charge on any atom is 0.276 e. The summed E-state index contributed by atoms with van der Waals surface area (Å²) in [6.45, 7) is 1.86. The lowest BCUT2D eigenvalue weighted by Crippen LogP contribution is -2.21. The van der Waals surface area contributed by atoms with Gasteiger partial charge in [-0.05, 0) is 36.8 Å². The Bertz CT molecular complexity index is 1260. The van der Waals surface area contributed by atoms with E-state index in [-0.39, 0.29) is 17.3 Å². The topological polar surface area (TPSA) is 116 Å². The molecule has 152 valence electrons. The minimum absolute atomic E-state index is 0.00308. The molecule has 0 saturated carbocycles. The molecule has 0 fully saturated rings. The molecule has 2 heterocycles. The number of imidazole rings is 2. The lowest BCUT2D eigenvalue weighted by atomic mass is 10.2. The number of carbonyl (C=O) groups is 2. The first-order valence-corrected chi connectivity index (χ1v) is 10.1. The molecule has 0 bridgehead atoms. The summed E-state index contributed by atoms with van der Waals surface area (Å²) in [5, 5.41) is 6.08. The standard InChI is InChI=1S/C19H13BrCl2N6O2/c1-8-2-3-9(20)4-12(8)25-17(29)15-16(24-7-23-15)18(30)28-19-26-13-5-10(21)11(22)6-14(13)27-19/h2-7H,1H3,(H,23,24)(H,25,29)(H2,26,27,28,30). The van der Waals surface area contributed by atoms with Crippen molar-refractivity contribution in [3.8, 4) is 0 Å². The average Bonchev–Trinajstić information content (AvgIpc) is 3.32. The molecule has 2 amide bonds. The number of hydrogen-bond acceptors (Lipinski definition) is 4. The Hall–Kier alpha value is -2.88. The van der Waals surface area contributed by atoms with Gasteiger partial charge in [0.2, 0.25) is 5.95 Å². The van der Waals surface area contributed by atoms with Crippen LogP contribution in [0.25, 0.3) is 11.0 Å². The summed E-state index contributed by atoms with van der Waals surface area (Å²) in [6.07, 6.45) is 1.27. The van der Waals surface area contributed by atoms with Crippen LogP contribution in [0.3, 0.4) is 0 Å². The second-order valence-corrected chi connectivity index (χ2v) is 8.09. The third-order valence-electron chi connectivity index (χ3n) is 4.29. The number of amides is 2. The Labute approximate surface area is 188 Å². The lowest BCUT2D eigenvalue weighted by molar-refractivity contribution is 0.0985. The van der Waals surface area contributed by atoms with E-state index in [0.717, 1.165) is 10.0 Å². The number of rotatable bonds is 4. The number of benzene rings is 2.